The standard InChI is InChI=1S/C23H24N4O5/c1-10-8-14-15(9-11(10)2)27(17-21(26(14)3)24-23(32)25-22(17)31)16-12-6-4-5-7-13(12)18(28)20(30)19(16)29/h4-9,16,18-20,28-30H,1-3H3,(H2,24,25,31,32)/t16-,18+,19+,20-/m1/s1. The van der Waals surface area contributed by atoms with Crippen molar-refractivity contribution in [2.75, 3.05) is 16.8 Å². The van der Waals surface area contributed by atoms with Crippen LogP contribution in [0.15, 0.2) is 46.0 Å². The number of nitrogens with zero attached hydrogens (tertiary/aromatic N) is 2. The van der Waals surface area contributed by atoms with Gasteiger partial charge in [0.25, 0.3) is 5.56 Å². The van der Waals surface area contributed by atoms with E-state index in [1.807, 2.05) is 26.0 Å². The van der Waals surface area contributed by atoms with E-state index in [-0.39, 0.29) is 11.5 Å². The molecule has 9 nitrogen and oxygen atoms in total. The molecular formula is C23H24N4O5. The Labute approximate surface area is 183 Å². The first-order valence-corrected chi connectivity index (χ1v) is 10.3. The van der Waals surface area contributed by atoms with Gasteiger partial charge in [0.05, 0.1) is 17.4 Å². The zero-order chi connectivity index (χ0) is 22.9. The number of benzene rings is 2. The molecule has 2 heterocycles. The van der Waals surface area contributed by atoms with Gasteiger partial charge in [-0.1, -0.05) is 24.3 Å². The lowest BCUT2D eigenvalue weighted by Gasteiger charge is -2.47. The second kappa shape index (κ2) is 7.06. The quantitative estimate of drug-likeness (QED) is 0.390. The topological polar surface area (TPSA) is 133 Å². The molecule has 2 aromatic carbocycles. The largest absolute Gasteiger partial charge is 0.388 e. The number of aryl methyl sites for hydroxylation is 2. The second-order valence-electron chi connectivity index (χ2n) is 8.46. The highest BCUT2D eigenvalue weighted by atomic mass is 16.4. The molecular weight excluding hydrogens is 412 g/mol. The summed E-state index contributed by atoms with van der Waals surface area (Å²) in [6.45, 7) is 3.92. The number of aliphatic hydroxyl groups excluding tert-OH is 3. The fraction of sp³-hybridized carbons (Fsp3) is 0.304. The molecule has 1 aliphatic heterocycles. The second-order valence-corrected chi connectivity index (χ2v) is 8.46. The van der Waals surface area contributed by atoms with Crippen molar-refractivity contribution >= 4 is 22.9 Å². The van der Waals surface area contributed by atoms with Crippen LogP contribution in [0.1, 0.15) is 34.4 Å². The highest BCUT2D eigenvalue weighted by molar-refractivity contribution is 5.92. The summed E-state index contributed by atoms with van der Waals surface area (Å²) in [4.78, 5) is 33.5. The van der Waals surface area contributed by atoms with E-state index in [2.05, 4.69) is 9.97 Å². The molecule has 3 aromatic rings. The van der Waals surface area contributed by atoms with Crippen LogP contribution in [0.2, 0.25) is 0 Å². The number of fused-ring (bicyclic) bond motifs is 3. The van der Waals surface area contributed by atoms with E-state index < -0.39 is 35.6 Å². The van der Waals surface area contributed by atoms with Gasteiger partial charge in [0.15, 0.2) is 0 Å². The van der Waals surface area contributed by atoms with Crippen LogP contribution in [0.3, 0.4) is 0 Å². The maximum atomic E-state index is 13.1. The van der Waals surface area contributed by atoms with Gasteiger partial charge < -0.3 is 25.1 Å². The summed E-state index contributed by atoms with van der Waals surface area (Å²) < 4.78 is 0. The molecule has 0 saturated heterocycles. The zero-order valence-electron chi connectivity index (χ0n) is 17.8. The summed E-state index contributed by atoms with van der Waals surface area (Å²) in [5, 5.41) is 32.4. The van der Waals surface area contributed by atoms with Crippen molar-refractivity contribution in [2.24, 2.45) is 0 Å². The van der Waals surface area contributed by atoms with Crippen LogP contribution in [-0.4, -0.2) is 44.5 Å². The van der Waals surface area contributed by atoms with Crippen LogP contribution in [-0.2, 0) is 0 Å². The molecule has 0 spiro atoms. The lowest BCUT2D eigenvalue weighted by molar-refractivity contribution is -0.0796. The number of aromatic amines is 2. The molecule has 5 N–H and O–H groups in total. The van der Waals surface area contributed by atoms with Gasteiger partial charge >= 0.3 is 5.69 Å². The van der Waals surface area contributed by atoms with Crippen LogP contribution in [0.5, 0.6) is 0 Å². The van der Waals surface area contributed by atoms with E-state index in [4.69, 9.17) is 0 Å². The first-order chi connectivity index (χ1) is 15.2. The number of hydrogen-bond donors (Lipinski definition) is 5. The van der Waals surface area contributed by atoms with Crippen LogP contribution >= 0.6 is 0 Å². The van der Waals surface area contributed by atoms with Crippen molar-refractivity contribution in [3.05, 3.63) is 79.5 Å². The monoisotopic (exact) mass is 436 g/mol. The smallest absolute Gasteiger partial charge is 0.327 e. The Hall–Kier alpha value is -3.40. The van der Waals surface area contributed by atoms with Crippen LogP contribution in [0.4, 0.5) is 22.9 Å². The molecule has 1 aliphatic carbocycles. The molecule has 0 amide bonds. The van der Waals surface area contributed by atoms with Crippen molar-refractivity contribution < 1.29 is 15.3 Å². The van der Waals surface area contributed by atoms with E-state index in [9.17, 15) is 24.9 Å². The maximum absolute atomic E-state index is 13.1. The zero-order valence-corrected chi connectivity index (χ0v) is 17.8. The SMILES string of the molecule is Cc1cc2c(cc1C)N([C@@H]1c3ccccc3[C@H](O)[C@@H](O)[C@H]1O)c1c([nH]c(=O)[nH]c1=O)N2C. The maximum Gasteiger partial charge on any atom is 0.327 e. The van der Waals surface area contributed by atoms with E-state index >= 15 is 0 Å². The van der Waals surface area contributed by atoms with Gasteiger partial charge in [0, 0.05) is 7.05 Å². The molecule has 166 valence electrons. The average Bonchev–Trinajstić information content (AvgIpc) is 2.76. The van der Waals surface area contributed by atoms with Crippen LogP contribution in [0.25, 0.3) is 0 Å². The van der Waals surface area contributed by atoms with Gasteiger partial charge in [-0.3, -0.25) is 14.8 Å². The van der Waals surface area contributed by atoms with Gasteiger partial charge in [-0.25, -0.2) is 4.79 Å². The molecule has 0 saturated carbocycles. The fourth-order valence-electron chi connectivity index (χ4n) is 4.79. The first kappa shape index (κ1) is 20.5. The number of anilines is 4. The summed E-state index contributed by atoms with van der Waals surface area (Å²) in [5.74, 6) is 0.278. The molecule has 32 heavy (non-hydrogen) atoms. The number of H-pyrrole nitrogens is 2. The van der Waals surface area contributed by atoms with Crippen molar-refractivity contribution in [1.82, 2.24) is 9.97 Å². The fourth-order valence-corrected chi connectivity index (χ4v) is 4.79. The summed E-state index contributed by atoms with van der Waals surface area (Å²) >= 11 is 0. The number of rotatable bonds is 1. The molecule has 9 heteroatoms. The summed E-state index contributed by atoms with van der Waals surface area (Å²) in [6.07, 6.45) is -4.13. The molecule has 4 atom stereocenters. The number of aliphatic hydroxyl groups is 3. The normalized spacial score (nSPS) is 24.1. The van der Waals surface area contributed by atoms with E-state index in [0.29, 0.717) is 16.8 Å². The van der Waals surface area contributed by atoms with Gasteiger partial charge in [0.1, 0.15) is 29.8 Å². The van der Waals surface area contributed by atoms with E-state index in [0.717, 1.165) is 16.8 Å². The third-order valence-electron chi connectivity index (χ3n) is 6.59. The van der Waals surface area contributed by atoms with Gasteiger partial charge in [0.2, 0.25) is 0 Å². The lowest BCUT2D eigenvalue weighted by atomic mass is 9.80. The Kier molecular flexibility index (Phi) is 4.52. The summed E-state index contributed by atoms with van der Waals surface area (Å²) in [6, 6.07) is 9.96. The third-order valence-corrected chi connectivity index (χ3v) is 6.59. The lowest BCUT2D eigenvalue weighted by Crippen LogP contribution is -2.50. The Bertz CT molecular complexity index is 1350. The first-order valence-electron chi connectivity index (χ1n) is 10.3. The number of hydrogen-bond acceptors (Lipinski definition) is 7. The predicted octanol–water partition coefficient (Wildman–Crippen LogP) is 1.41. The highest BCUT2D eigenvalue weighted by Gasteiger charge is 2.46. The Balaban J connectivity index is 1.87. The minimum absolute atomic E-state index is 0.144. The number of nitrogens with one attached hydrogen (secondary N) is 2. The average molecular weight is 436 g/mol. The molecule has 0 unspecified atom stereocenters. The van der Waals surface area contributed by atoms with Crippen molar-refractivity contribution in [3.63, 3.8) is 0 Å². The Morgan fingerprint density at radius 1 is 0.875 bits per heavy atom. The van der Waals surface area contributed by atoms with Gasteiger partial charge in [-0.2, -0.15) is 0 Å². The van der Waals surface area contributed by atoms with Gasteiger partial charge in [-0.15, -0.1) is 0 Å². The molecule has 0 fully saturated rings. The highest BCUT2D eigenvalue weighted by Crippen LogP contribution is 2.52. The molecule has 0 radical (unpaired) electrons. The molecule has 2 aliphatic rings. The van der Waals surface area contributed by atoms with Crippen molar-refractivity contribution in [2.45, 2.75) is 38.2 Å². The van der Waals surface area contributed by atoms with Crippen molar-refractivity contribution in [1.29, 1.82) is 0 Å². The van der Waals surface area contributed by atoms with Gasteiger partial charge in [-0.05, 0) is 48.2 Å². The molecule has 1 aromatic heterocycles. The van der Waals surface area contributed by atoms with Crippen LogP contribution in [0, 0.1) is 13.8 Å². The third kappa shape index (κ3) is 2.75. The minimum Gasteiger partial charge on any atom is -0.388 e. The summed E-state index contributed by atoms with van der Waals surface area (Å²) in [7, 11) is 1.75. The Morgan fingerprint density at radius 2 is 1.50 bits per heavy atom. The van der Waals surface area contributed by atoms with Crippen LogP contribution < -0.4 is 21.0 Å². The number of aromatic nitrogens is 2. The van der Waals surface area contributed by atoms with Crippen molar-refractivity contribution in [3.8, 4) is 0 Å². The van der Waals surface area contributed by atoms with E-state index in [1.54, 1.807) is 41.1 Å². The predicted molar refractivity (Wildman–Crippen MR) is 120 cm³/mol. The minimum atomic E-state index is -1.46. The molecule has 0 bridgehead atoms. The summed E-state index contributed by atoms with van der Waals surface area (Å²) in [5.41, 5.74) is 3.31. The van der Waals surface area contributed by atoms with E-state index in [1.165, 1.54) is 0 Å². The Morgan fingerprint density at radius 3 is 2.19 bits per heavy atom. The molecule has 5 rings (SSSR count).